The van der Waals surface area contributed by atoms with Crippen molar-refractivity contribution in [2.24, 2.45) is 0 Å². The normalized spacial score (nSPS) is 13.4. The van der Waals surface area contributed by atoms with Gasteiger partial charge in [0.25, 0.3) is 0 Å². The van der Waals surface area contributed by atoms with Gasteiger partial charge < -0.3 is 0 Å². The van der Waals surface area contributed by atoms with Gasteiger partial charge in [0.05, 0.1) is 6.07 Å². The van der Waals surface area contributed by atoms with Gasteiger partial charge in [0, 0.05) is 6.42 Å². The van der Waals surface area contributed by atoms with E-state index in [1.807, 2.05) is 13.0 Å². The van der Waals surface area contributed by atoms with Crippen molar-refractivity contribution >= 4 is 0 Å². The molecule has 1 aromatic carbocycles. The van der Waals surface area contributed by atoms with Crippen molar-refractivity contribution in [2.45, 2.75) is 40.0 Å². The molecule has 0 atom stereocenters. The van der Waals surface area contributed by atoms with E-state index in [2.05, 4.69) is 38.1 Å². The van der Waals surface area contributed by atoms with E-state index in [0.29, 0.717) is 6.42 Å². The second kappa shape index (κ2) is 6.12. The molecule has 0 fully saturated rings. The number of rotatable bonds is 0. The van der Waals surface area contributed by atoms with Crippen LogP contribution < -0.4 is 0 Å². The molecule has 0 heterocycles. The molecule has 1 aliphatic rings. The van der Waals surface area contributed by atoms with Crippen molar-refractivity contribution in [3.05, 3.63) is 46.5 Å². The van der Waals surface area contributed by atoms with Crippen molar-refractivity contribution < 1.29 is 0 Å². The summed E-state index contributed by atoms with van der Waals surface area (Å²) in [5.74, 6) is 0. The van der Waals surface area contributed by atoms with Crippen LogP contribution in [-0.2, 0) is 12.8 Å². The Morgan fingerprint density at radius 1 is 1.06 bits per heavy atom. The largest absolute Gasteiger partial charge is 0.198 e. The Kier molecular flexibility index (Phi) is 4.79. The number of fused-ring (bicyclic) bond motifs is 1. The summed E-state index contributed by atoms with van der Waals surface area (Å²) in [6.45, 7) is 6.30. The molecule has 2 rings (SSSR count). The monoisotopic (exact) mass is 213 g/mol. The van der Waals surface area contributed by atoms with Gasteiger partial charge >= 0.3 is 0 Å². The summed E-state index contributed by atoms with van der Waals surface area (Å²) in [7, 11) is 0. The molecule has 1 aliphatic carbocycles. The smallest absolute Gasteiger partial charge is 0.0618 e. The van der Waals surface area contributed by atoms with Crippen LogP contribution in [0.1, 0.15) is 38.3 Å². The van der Waals surface area contributed by atoms with Gasteiger partial charge in [0.2, 0.25) is 0 Å². The van der Waals surface area contributed by atoms with E-state index in [1.165, 1.54) is 11.1 Å². The van der Waals surface area contributed by atoms with E-state index < -0.39 is 0 Å². The minimum Gasteiger partial charge on any atom is -0.198 e. The van der Waals surface area contributed by atoms with Crippen molar-refractivity contribution in [2.75, 3.05) is 0 Å². The first-order chi connectivity index (χ1) is 7.69. The fourth-order valence-electron chi connectivity index (χ4n) is 1.78. The van der Waals surface area contributed by atoms with Crippen LogP contribution in [0.2, 0.25) is 0 Å². The van der Waals surface area contributed by atoms with Crippen LogP contribution in [0, 0.1) is 11.3 Å². The molecule has 0 aromatic heterocycles. The number of nitriles is 1. The molecule has 0 N–H and O–H groups in total. The Morgan fingerprint density at radius 2 is 1.44 bits per heavy atom. The van der Waals surface area contributed by atoms with Crippen LogP contribution in [0.15, 0.2) is 35.4 Å². The molecular weight excluding hydrogens is 194 g/mol. The molecule has 0 unspecified atom stereocenters. The molecule has 0 amide bonds. The Labute approximate surface area is 98.4 Å². The Hall–Kier alpha value is -1.55. The SMILES string of the molecule is CC1=C(C)Cc2ccccc2C1.CCC#N. The Balaban J connectivity index is 0.000000280. The highest BCUT2D eigenvalue weighted by molar-refractivity contribution is 5.39. The standard InChI is InChI=1S/C12H14.C3H5N/c1-9-7-11-5-3-4-6-12(11)8-10(9)2;1-2-3-4/h3-6H,7-8H2,1-2H3;2H2,1H3. The van der Waals surface area contributed by atoms with E-state index >= 15 is 0 Å². The van der Waals surface area contributed by atoms with Gasteiger partial charge in [-0.25, -0.2) is 0 Å². The molecule has 0 radical (unpaired) electrons. The number of hydrogen-bond donors (Lipinski definition) is 0. The molecule has 0 aliphatic heterocycles. The number of nitrogens with zero attached hydrogens (tertiary/aromatic N) is 1. The van der Waals surface area contributed by atoms with Gasteiger partial charge in [0.1, 0.15) is 0 Å². The Bertz CT molecular complexity index is 388. The molecule has 0 bridgehead atoms. The van der Waals surface area contributed by atoms with Gasteiger partial charge in [-0.1, -0.05) is 42.3 Å². The molecule has 84 valence electrons. The summed E-state index contributed by atoms with van der Waals surface area (Å²) in [5, 5.41) is 7.62. The number of benzene rings is 1. The maximum absolute atomic E-state index is 7.62. The van der Waals surface area contributed by atoms with E-state index in [0.717, 1.165) is 12.8 Å². The van der Waals surface area contributed by atoms with Gasteiger partial charge in [-0.15, -0.1) is 0 Å². The minimum atomic E-state index is 0.625. The average molecular weight is 213 g/mol. The van der Waals surface area contributed by atoms with Crippen LogP contribution >= 0.6 is 0 Å². The average Bonchev–Trinajstić information content (AvgIpc) is 2.31. The second-order valence-electron chi connectivity index (χ2n) is 4.19. The molecule has 0 saturated carbocycles. The molecule has 1 heteroatoms. The predicted octanol–water partition coefficient (Wildman–Crippen LogP) is 4.04. The maximum Gasteiger partial charge on any atom is 0.0618 e. The van der Waals surface area contributed by atoms with Crippen LogP contribution in [0.25, 0.3) is 0 Å². The lowest BCUT2D eigenvalue weighted by Crippen LogP contribution is -2.04. The molecule has 16 heavy (non-hydrogen) atoms. The van der Waals surface area contributed by atoms with Gasteiger partial charge in [0.15, 0.2) is 0 Å². The molecule has 0 saturated heterocycles. The van der Waals surface area contributed by atoms with E-state index in [9.17, 15) is 0 Å². The lowest BCUT2D eigenvalue weighted by Gasteiger charge is -2.18. The van der Waals surface area contributed by atoms with Crippen LogP contribution in [-0.4, -0.2) is 0 Å². The first-order valence-corrected chi connectivity index (χ1v) is 5.78. The minimum absolute atomic E-state index is 0.625. The fourth-order valence-corrected chi connectivity index (χ4v) is 1.78. The lowest BCUT2D eigenvalue weighted by atomic mass is 9.88. The maximum atomic E-state index is 7.62. The summed E-state index contributed by atoms with van der Waals surface area (Å²) < 4.78 is 0. The van der Waals surface area contributed by atoms with Crippen molar-refractivity contribution in [3.63, 3.8) is 0 Å². The summed E-state index contributed by atoms with van der Waals surface area (Å²) in [6.07, 6.45) is 2.93. The topological polar surface area (TPSA) is 23.8 Å². The quantitative estimate of drug-likeness (QED) is 0.597. The molecule has 1 aromatic rings. The van der Waals surface area contributed by atoms with Gasteiger partial charge in [-0.3, -0.25) is 0 Å². The summed E-state index contributed by atoms with van der Waals surface area (Å²) >= 11 is 0. The van der Waals surface area contributed by atoms with Gasteiger partial charge in [-0.05, 0) is 37.8 Å². The van der Waals surface area contributed by atoms with Crippen LogP contribution in [0.4, 0.5) is 0 Å². The predicted molar refractivity (Wildman–Crippen MR) is 68.1 cm³/mol. The Morgan fingerprint density at radius 3 is 1.75 bits per heavy atom. The van der Waals surface area contributed by atoms with Crippen LogP contribution in [0.3, 0.4) is 0 Å². The first kappa shape index (κ1) is 12.5. The summed E-state index contributed by atoms with van der Waals surface area (Å²) in [4.78, 5) is 0. The highest BCUT2D eigenvalue weighted by Gasteiger charge is 2.10. The van der Waals surface area contributed by atoms with E-state index in [4.69, 9.17) is 5.26 Å². The third-order valence-electron chi connectivity index (χ3n) is 2.92. The van der Waals surface area contributed by atoms with Crippen LogP contribution in [0.5, 0.6) is 0 Å². The van der Waals surface area contributed by atoms with E-state index in [1.54, 1.807) is 11.1 Å². The molecular formula is C15H19N. The first-order valence-electron chi connectivity index (χ1n) is 5.78. The second-order valence-corrected chi connectivity index (χ2v) is 4.19. The fraction of sp³-hybridized carbons (Fsp3) is 0.400. The number of allylic oxidation sites excluding steroid dienone is 2. The molecule has 0 spiro atoms. The van der Waals surface area contributed by atoms with Gasteiger partial charge in [-0.2, -0.15) is 5.26 Å². The van der Waals surface area contributed by atoms with Crippen molar-refractivity contribution in [1.29, 1.82) is 5.26 Å². The highest BCUT2D eigenvalue weighted by Crippen LogP contribution is 2.24. The third-order valence-corrected chi connectivity index (χ3v) is 2.92. The zero-order valence-corrected chi connectivity index (χ0v) is 10.4. The summed E-state index contributed by atoms with van der Waals surface area (Å²) in [5.41, 5.74) is 6.13. The molecule has 1 nitrogen and oxygen atoms in total. The van der Waals surface area contributed by atoms with Crippen molar-refractivity contribution in [3.8, 4) is 6.07 Å². The highest BCUT2D eigenvalue weighted by atomic mass is 14.2. The number of hydrogen-bond acceptors (Lipinski definition) is 1. The third kappa shape index (κ3) is 3.24. The zero-order chi connectivity index (χ0) is 12.0. The lowest BCUT2D eigenvalue weighted by molar-refractivity contribution is 0.952. The zero-order valence-electron chi connectivity index (χ0n) is 10.4. The van der Waals surface area contributed by atoms with E-state index in [-0.39, 0.29) is 0 Å². The summed E-state index contributed by atoms with van der Waals surface area (Å²) in [6, 6.07) is 10.7. The van der Waals surface area contributed by atoms with Crippen molar-refractivity contribution in [1.82, 2.24) is 0 Å².